The molecular formula is C49H29N3S. The van der Waals surface area contributed by atoms with Gasteiger partial charge >= 0.3 is 0 Å². The first kappa shape index (κ1) is 29.9. The Morgan fingerprint density at radius 3 is 1.47 bits per heavy atom. The van der Waals surface area contributed by atoms with Crippen LogP contribution >= 0.6 is 11.3 Å². The summed E-state index contributed by atoms with van der Waals surface area (Å²) < 4.78 is 2.66. The molecule has 0 atom stereocenters. The van der Waals surface area contributed by atoms with Crippen LogP contribution in [0.2, 0.25) is 0 Å². The van der Waals surface area contributed by atoms with Crippen molar-refractivity contribution < 1.29 is 0 Å². The molecular weight excluding hydrogens is 663 g/mol. The van der Waals surface area contributed by atoms with Gasteiger partial charge in [-0.1, -0.05) is 146 Å². The van der Waals surface area contributed by atoms with Gasteiger partial charge in [0.25, 0.3) is 0 Å². The van der Waals surface area contributed by atoms with Crippen LogP contribution in [0.4, 0.5) is 0 Å². The molecule has 0 radical (unpaired) electrons. The van der Waals surface area contributed by atoms with E-state index in [1.165, 1.54) is 58.1 Å². The number of benzene rings is 9. The van der Waals surface area contributed by atoms with Crippen molar-refractivity contribution in [3.05, 3.63) is 176 Å². The molecule has 2 heterocycles. The lowest BCUT2D eigenvalue weighted by Crippen LogP contribution is -2.00. The quantitative estimate of drug-likeness (QED) is 0.172. The second kappa shape index (κ2) is 11.9. The van der Waals surface area contributed by atoms with Crippen LogP contribution in [0.25, 0.3) is 109 Å². The molecule has 53 heavy (non-hydrogen) atoms. The molecule has 0 bridgehead atoms. The minimum atomic E-state index is 0.648. The summed E-state index contributed by atoms with van der Waals surface area (Å²) in [6, 6.07) is 62.8. The molecule has 0 unspecified atom stereocenters. The number of rotatable bonds is 4. The summed E-state index contributed by atoms with van der Waals surface area (Å²) in [7, 11) is 0. The van der Waals surface area contributed by atoms with Crippen molar-refractivity contribution in [3.63, 3.8) is 0 Å². The van der Waals surface area contributed by atoms with Crippen LogP contribution in [0.15, 0.2) is 176 Å². The van der Waals surface area contributed by atoms with Crippen LogP contribution in [-0.4, -0.2) is 15.0 Å². The van der Waals surface area contributed by atoms with Crippen LogP contribution in [0, 0.1) is 0 Å². The second-order valence-corrected chi connectivity index (χ2v) is 14.7. The fourth-order valence-corrected chi connectivity index (χ4v) is 8.89. The van der Waals surface area contributed by atoms with Crippen LogP contribution in [0.1, 0.15) is 0 Å². The van der Waals surface area contributed by atoms with Crippen LogP contribution < -0.4 is 0 Å². The Labute approximate surface area is 309 Å². The zero-order chi connectivity index (χ0) is 34.9. The number of hydrogen-bond donors (Lipinski definition) is 0. The molecule has 11 rings (SSSR count). The number of hydrogen-bond acceptors (Lipinski definition) is 4. The number of thiophene rings is 1. The van der Waals surface area contributed by atoms with Gasteiger partial charge in [0.1, 0.15) is 0 Å². The summed E-state index contributed by atoms with van der Waals surface area (Å²) in [4.78, 5) is 15.2. The highest BCUT2D eigenvalue weighted by Gasteiger charge is 2.15. The predicted octanol–water partition coefficient (Wildman–Crippen LogP) is 13.5. The molecule has 0 spiro atoms. The lowest BCUT2D eigenvalue weighted by molar-refractivity contribution is 1.08. The summed E-state index contributed by atoms with van der Waals surface area (Å²) in [5, 5.41) is 12.5. The van der Waals surface area contributed by atoms with Crippen LogP contribution in [0.5, 0.6) is 0 Å². The van der Waals surface area contributed by atoms with E-state index >= 15 is 0 Å². The summed E-state index contributed by atoms with van der Waals surface area (Å²) >= 11 is 1.87. The molecule has 4 heteroatoms. The van der Waals surface area contributed by atoms with E-state index in [1.807, 2.05) is 11.3 Å². The fraction of sp³-hybridized carbons (Fsp3) is 0. The largest absolute Gasteiger partial charge is 0.208 e. The maximum absolute atomic E-state index is 5.06. The van der Waals surface area contributed by atoms with Gasteiger partial charge in [0, 0.05) is 36.9 Å². The SMILES string of the molecule is c1ccc2cc(-c3nc(-c4ccc(-c5ccc6c(ccc7ccc8sc9ccccc9c8c76)c5)cc4)nc(-c4ccc5ccccc5c4)n3)ccc2c1. The first-order chi connectivity index (χ1) is 26.2. The van der Waals surface area contributed by atoms with Gasteiger partial charge < -0.3 is 0 Å². The molecule has 2 aromatic heterocycles. The molecule has 0 aliphatic rings. The lowest BCUT2D eigenvalue weighted by atomic mass is 9.94. The van der Waals surface area contributed by atoms with Crippen molar-refractivity contribution >= 4 is 74.6 Å². The van der Waals surface area contributed by atoms with E-state index in [0.29, 0.717) is 17.5 Å². The van der Waals surface area contributed by atoms with Gasteiger partial charge in [0.05, 0.1) is 0 Å². The molecule has 0 N–H and O–H groups in total. The highest BCUT2D eigenvalue weighted by atomic mass is 32.1. The average molecular weight is 692 g/mol. The molecule has 0 fully saturated rings. The maximum Gasteiger partial charge on any atom is 0.164 e. The van der Waals surface area contributed by atoms with Gasteiger partial charge in [-0.2, -0.15) is 0 Å². The molecule has 0 amide bonds. The normalized spacial score (nSPS) is 11.8. The van der Waals surface area contributed by atoms with Crippen molar-refractivity contribution in [2.75, 3.05) is 0 Å². The minimum absolute atomic E-state index is 0.648. The number of fused-ring (bicyclic) bond motifs is 9. The molecule has 9 aromatic carbocycles. The minimum Gasteiger partial charge on any atom is -0.208 e. The zero-order valence-corrected chi connectivity index (χ0v) is 29.3. The monoisotopic (exact) mass is 691 g/mol. The summed E-state index contributed by atoms with van der Waals surface area (Å²) in [5.74, 6) is 1.96. The number of nitrogens with zero attached hydrogens (tertiary/aromatic N) is 3. The summed E-state index contributed by atoms with van der Waals surface area (Å²) in [5.41, 5.74) is 5.19. The van der Waals surface area contributed by atoms with Gasteiger partial charge in [0.2, 0.25) is 0 Å². The molecule has 0 aliphatic heterocycles. The van der Waals surface area contributed by atoms with Gasteiger partial charge in [-0.05, 0) is 84.5 Å². The molecule has 0 saturated heterocycles. The van der Waals surface area contributed by atoms with E-state index < -0.39 is 0 Å². The van der Waals surface area contributed by atoms with Gasteiger partial charge in [0.15, 0.2) is 17.5 Å². The standard InChI is InChI=1S/C49H29N3S/c1-3-9-35-28-39(21-15-30(35)7-1)48-50-47(51-49(52-48)40-22-16-31-8-2-4-10-36(31)29-40)34-18-13-32(14-19-34)37-23-25-41-38(27-37)20-17-33-24-26-44-46(45(33)41)42-11-5-6-12-43(42)53-44/h1-29H. The fourth-order valence-electron chi connectivity index (χ4n) is 7.78. The smallest absolute Gasteiger partial charge is 0.164 e. The Balaban J connectivity index is 1.01. The summed E-state index contributed by atoms with van der Waals surface area (Å²) in [6.07, 6.45) is 0. The highest BCUT2D eigenvalue weighted by Crippen LogP contribution is 2.42. The van der Waals surface area contributed by atoms with Crippen LogP contribution in [0.3, 0.4) is 0 Å². The molecule has 3 nitrogen and oxygen atoms in total. The van der Waals surface area contributed by atoms with Gasteiger partial charge in [-0.15, -0.1) is 11.3 Å². The third-order valence-electron chi connectivity index (χ3n) is 10.5. The second-order valence-electron chi connectivity index (χ2n) is 13.6. The van der Waals surface area contributed by atoms with Gasteiger partial charge in [-0.3, -0.25) is 0 Å². The lowest BCUT2D eigenvalue weighted by Gasteiger charge is -2.11. The van der Waals surface area contributed by atoms with E-state index in [0.717, 1.165) is 33.0 Å². The Bertz CT molecular complexity index is 3140. The zero-order valence-electron chi connectivity index (χ0n) is 28.5. The van der Waals surface area contributed by atoms with Crippen molar-refractivity contribution in [3.8, 4) is 45.3 Å². The molecule has 0 saturated carbocycles. The topological polar surface area (TPSA) is 38.7 Å². The van der Waals surface area contributed by atoms with Crippen LogP contribution in [-0.2, 0) is 0 Å². The predicted molar refractivity (Wildman–Crippen MR) is 224 cm³/mol. The third kappa shape index (κ3) is 5.07. The summed E-state index contributed by atoms with van der Waals surface area (Å²) in [6.45, 7) is 0. The average Bonchev–Trinajstić information content (AvgIpc) is 3.62. The molecule has 0 aliphatic carbocycles. The van der Waals surface area contributed by atoms with Gasteiger partial charge in [-0.25, -0.2) is 15.0 Å². The maximum atomic E-state index is 5.06. The van der Waals surface area contributed by atoms with E-state index in [9.17, 15) is 0 Å². The Kier molecular flexibility index (Phi) is 6.73. The Morgan fingerprint density at radius 1 is 0.283 bits per heavy atom. The van der Waals surface area contributed by atoms with Crippen molar-refractivity contribution in [2.45, 2.75) is 0 Å². The van der Waals surface area contributed by atoms with Crippen molar-refractivity contribution in [1.29, 1.82) is 0 Å². The highest BCUT2D eigenvalue weighted by molar-refractivity contribution is 7.26. The Hall–Kier alpha value is -6.75. The third-order valence-corrected chi connectivity index (χ3v) is 11.6. The van der Waals surface area contributed by atoms with E-state index in [1.54, 1.807) is 0 Å². The van der Waals surface area contributed by atoms with Crippen molar-refractivity contribution in [2.24, 2.45) is 0 Å². The first-order valence-electron chi connectivity index (χ1n) is 17.8. The first-order valence-corrected chi connectivity index (χ1v) is 18.7. The molecule has 246 valence electrons. The number of aromatic nitrogens is 3. The molecule has 11 aromatic rings. The van der Waals surface area contributed by atoms with E-state index in [4.69, 9.17) is 15.0 Å². The Morgan fingerprint density at radius 2 is 0.774 bits per heavy atom. The van der Waals surface area contributed by atoms with E-state index in [2.05, 4.69) is 176 Å². The van der Waals surface area contributed by atoms with Crippen molar-refractivity contribution in [1.82, 2.24) is 15.0 Å². The van der Waals surface area contributed by atoms with E-state index in [-0.39, 0.29) is 0 Å².